The van der Waals surface area contributed by atoms with Crippen molar-refractivity contribution in [2.45, 2.75) is 19.0 Å². The number of hydrogen-bond donors (Lipinski definition) is 6. The third-order valence-electron chi connectivity index (χ3n) is 5.42. The second-order valence-corrected chi connectivity index (χ2v) is 8.37. The first-order valence-corrected chi connectivity index (χ1v) is 11.8. The SMILES string of the molecule is O=C(O)C[C@H](NC(=O)Cn1cnc(-c2ncc(/C=N/Nc3ccccc3)[nH]2)c1NC(=O)c1ccccc1)C(=O)O. The highest BCUT2D eigenvalue weighted by Gasteiger charge is 2.25. The summed E-state index contributed by atoms with van der Waals surface area (Å²) in [6.07, 6.45) is 3.48. The molecule has 14 nitrogen and oxygen atoms in total. The van der Waals surface area contributed by atoms with Gasteiger partial charge in [-0.25, -0.2) is 14.8 Å². The van der Waals surface area contributed by atoms with Crippen LogP contribution in [0.25, 0.3) is 11.5 Å². The summed E-state index contributed by atoms with van der Waals surface area (Å²) in [5, 5.41) is 27.2. The number of para-hydroxylation sites is 1. The molecule has 1 atom stereocenters. The van der Waals surface area contributed by atoms with Crippen molar-refractivity contribution < 1.29 is 29.4 Å². The number of benzene rings is 2. The number of carboxylic acid groups (broad SMARTS) is 2. The fourth-order valence-electron chi connectivity index (χ4n) is 3.56. The van der Waals surface area contributed by atoms with Crippen LogP contribution in [0.4, 0.5) is 11.5 Å². The Balaban J connectivity index is 1.57. The van der Waals surface area contributed by atoms with Crippen molar-refractivity contribution in [2.75, 3.05) is 10.7 Å². The zero-order valence-corrected chi connectivity index (χ0v) is 20.8. The predicted molar refractivity (Wildman–Crippen MR) is 144 cm³/mol. The van der Waals surface area contributed by atoms with Gasteiger partial charge in [0.1, 0.15) is 24.1 Å². The molecule has 2 aromatic heterocycles. The van der Waals surface area contributed by atoms with Crippen LogP contribution in [0.3, 0.4) is 0 Å². The summed E-state index contributed by atoms with van der Waals surface area (Å²) in [6.45, 7) is -0.461. The Morgan fingerprint density at radius 3 is 2.38 bits per heavy atom. The number of amides is 2. The molecule has 6 N–H and O–H groups in total. The molecule has 4 rings (SSSR count). The molecule has 0 radical (unpaired) electrons. The topological polar surface area (TPSA) is 204 Å². The highest BCUT2D eigenvalue weighted by atomic mass is 16.4. The normalized spacial score (nSPS) is 11.6. The Labute approximate surface area is 226 Å². The van der Waals surface area contributed by atoms with Crippen molar-refractivity contribution in [3.8, 4) is 11.5 Å². The van der Waals surface area contributed by atoms with E-state index in [-0.39, 0.29) is 17.3 Å². The molecule has 0 fully saturated rings. The number of aromatic nitrogens is 4. The monoisotopic (exact) mass is 544 g/mol. The number of nitrogens with zero attached hydrogens (tertiary/aromatic N) is 4. The van der Waals surface area contributed by atoms with Crippen LogP contribution in [0, 0.1) is 0 Å². The predicted octanol–water partition coefficient (Wildman–Crippen LogP) is 2.02. The smallest absolute Gasteiger partial charge is 0.326 e. The molecule has 14 heteroatoms. The first kappa shape index (κ1) is 27.3. The average molecular weight is 545 g/mol. The van der Waals surface area contributed by atoms with Crippen molar-refractivity contribution >= 4 is 41.5 Å². The van der Waals surface area contributed by atoms with Crippen LogP contribution in [0.15, 0.2) is 78.3 Å². The zero-order chi connectivity index (χ0) is 28.5. The molecule has 4 aromatic rings. The molecule has 0 unspecified atom stereocenters. The molecule has 0 aliphatic carbocycles. The highest BCUT2D eigenvalue weighted by Crippen LogP contribution is 2.25. The number of imidazole rings is 2. The lowest BCUT2D eigenvalue weighted by Gasteiger charge is -2.14. The molecular weight excluding hydrogens is 520 g/mol. The Hall–Kier alpha value is -5.79. The maximum absolute atomic E-state index is 12.9. The van der Waals surface area contributed by atoms with E-state index in [0.29, 0.717) is 11.3 Å². The molecule has 2 heterocycles. The number of carbonyl (C=O) groups excluding carboxylic acids is 2. The molecule has 40 heavy (non-hydrogen) atoms. The molecule has 0 aliphatic rings. The van der Waals surface area contributed by atoms with Gasteiger partial charge in [-0.3, -0.25) is 19.8 Å². The van der Waals surface area contributed by atoms with Gasteiger partial charge in [0.25, 0.3) is 5.91 Å². The van der Waals surface area contributed by atoms with Crippen LogP contribution >= 0.6 is 0 Å². The first-order chi connectivity index (χ1) is 19.3. The van der Waals surface area contributed by atoms with Gasteiger partial charge in [0.05, 0.1) is 36.5 Å². The van der Waals surface area contributed by atoms with Crippen molar-refractivity contribution in [3.05, 3.63) is 84.4 Å². The lowest BCUT2D eigenvalue weighted by molar-refractivity contribution is -0.147. The van der Waals surface area contributed by atoms with E-state index in [1.807, 2.05) is 30.3 Å². The Bertz CT molecular complexity index is 1530. The minimum Gasteiger partial charge on any atom is -0.481 e. The van der Waals surface area contributed by atoms with Gasteiger partial charge < -0.3 is 30.4 Å². The molecule has 0 spiro atoms. The van der Waals surface area contributed by atoms with E-state index >= 15 is 0 Å². The molecule has 2 aromatic carbocycles. The second-order valence-electron chi connectivity index (χ2n) is 8.37. The Morgan fingerprint density at radius 2 is 1.70 bits per heavy atom. The van der Waals surface area contributed by atoms with E-state index in [1.54, 1.807) is 30.3 Å². The summed E-state index contributed by atoms with van der Waals surface area (Å²) < 4.78 is 1.29. The Morgan fingerprint density at radius 1 is 1.00 bits per heavy atom. The van der Waals surface area contributed by atoms with Crippen molar-refractivity contribution in [1.82, 2.24) is 24.8 Å². The van der Waals surface area contributed by atoms with E-state index in [0.717, 1.165) is 5.69 Å². The van der Waals surface area contributed by atoms with E-state index in [1.165, 1.54) is 23.3 Å². The number of hydrogen-bond acceptors (Lipinski definition) is 8. The van der Waals surface area contributed by atoms with Gasteiger partial charge >= 0.3 is 11.9 Å². The van der Waals surface area contributed by atoms with Crippen molar-refractivity contribution in [2.24, 2.45) is 5.10 Å². The van der Waals surface area contributed by atoms with Gasteiger partial charge in [-0.1, -0.05) is 36.4 Å². The van der Waals surface area contributed by atoms with E-state index in [9.17, 15) is 24.3 Å². The average Bonchev–Trinajstić information content (AvgIpc) is 3.56. The van der Waals surface area contributed by atoms with Crippen LogP contribution < -0.4 is 16.1 Å². The number of aromatic amines is 1. The minimum atomic E-state index is -1.63. The van der Waals surface area contributed by atoms with E-state index < -0.39 is 42.8 Å². The van der Waals surface area contributed by atoms with Crippen LogP contribution in [0.5, 0.6) is 0 Å². The third kappa shape index (κ3) is 7.16. The minimum absolute atomic E-state index is 0.106. The number of hydrazone groups is 1. The number of carbonyl (C=O) groups is 4. The van der Waals surface area contributed by atoms with Crippen LogP contribution in [0.1, 0.15) is 22.5 Å². The molecule has 0 aliphatic heterocycles. The van der Waals surface area contributed by atoms with Crippen LogP contribution in [0.2, 0.25) is 0 Å². The number of rotatable bonds is 12. The van der Waals surface area contributed by atoms with Crippen molar-refractivity contribution in [1.29, 1.82) is 0 Å². The van der Waals surface area contributed by atoms with Crippen LogP contribution in [-0.2, 0) is 20.9 Å². The third-order valence-corrected chi connectivity index (χ3v) is 5.42. The van der Waals surface area contributed by atoms with E-state index in [2.05, 4.69) is 36.1 Å². The fraction of sp³-hybridized carbons (Fsp3) is 0.115. The largest absolute Gasteiger partial charge is 0.481 e. The summed E-state index contributed by atoms with van der Waals surface area (Å²) in [6, 6.07) is 16.0. The summed E-state index contributed by atoms with van der Waals surface area (Å²) >= 11 is 0. The maximum atomic E-state index is 12.9. The first-order valence-electron chi connectivity index (χ1n) is 11.8. The summed E-state index contributed by atoms with van der Waals surface area (Å²) in [5.74, 6) is -3.80. The molecule has 204 valence electrons. The molecule has 2 amide bonds. The van der Waals surface area contributed by atoms with Gasteiger partial charge in [0.15, 0.2) is 5.82 Å². The number of nitrogens with one attached hydrogen (secondary N) is 4. The van der Waals surface area contributed by atoms with Gasteiger partial charge in [-0.2, -0.15) is 5.10 Å². The number of anilines is 2. The number of aliphatic carboxylic acids is 2. The number of carboxylic acids is 2. The highest BCUT2D eigenvalue weighted by molar-refractivity contribution is 6.05. The fourth-order valence-corrected chi connectivity index (χ4v) is 3.56. The van der Waals surface area contributed by atoms with Gasteiger partial charge in [-0.05, 0) is 24.3 Å². The standard InChI is InChI=1S/C26H24N8O6/c35-20(31-19(26(39)40)11-21(36)37)14-34-15-28-22(24(34)32-25(38)16-7-3-1-4-8-16)23-27-12-18(30-23)13-29-33-17-9-5-2-6-10-17/h1-10,12-13,15,19,33H,11,14H2,(H,27,30)(H,31,35)(H,32,38)(H,36,37)(H,39,40)/b29-13+/t19-/m0/s1. The van der Waals surface area contributed by atoms with Gasteiger partial charge in [0.2, 0.25) is 5.91 Å². The molecule has 0 bridgehead atoms. The second kappa shape index (κ2) is 12.6. The Kier molecular flexibility index (Phi) is 8.61. The molecular formula is C26H24N8O6. The zero-order valence-electron chi connectivity index (χ0n) is 20.8. The van der Waals surface area contributed by atoms with Crippen LogP contribution in [-0.4, -0.2) is 65.7 Å². The molecule has 0 saturated carbocycles. The van der Waals surface area contributed by atoms with Gasteiger partial charge in [0, 0.05) is 5.56 Å². The van der Waals surface area contributed by atoms with E-state index in [4.69, 9.17) is 5.11 Å². The molecule has 0 saturated heterocycles. The summed E-state index contributed by atoms with van der Waals surface area (Å²) in [7, 11) is 0. The maximum Gasteiger partial charge on any atom is 0.326 e. The summed E-state index contributed by atoms with van der Waals surface area (Å²) in [5.41, 5.74) is 4.73. The quantitative estimate of drug-likeness (QED) is 0.114. The van der Waals surface area contributed by atoms with Crippen molar-refractivity contribution in [3.63, 3.8) is 0 Å². The van der Waals surface area contributed by atoms with Gasteiger partial charge in [-0.15, -0.1) is 0 Å². The summed E-state index contributed by atoms with van der Waals surface area (Å²) in [4.78, 5) is 59.5. The lowest BCUT2D eigenvalue weighted by Crippen LogP contribution is -2.43. The number of H-pyrrole nitrogens is 1. The lowest BCUT2D eigenvalue weighted by atomic mass is 10.2.